The van der Waals surface area contributed by atoms with E-state index in [2.05, 4.69) is 20.5 Å². The Hall–Kier alpha value is -3.14. The quantitative estimate of drug-likeness (QED) is 0.703. The summed E-state index contributed by atoms with van der Waals surface area (Å²) in [5.41, 5.74) is 1.08. The molecule has 0 bridgehead atoms. The predicted octanol–water partition coefficient (Wildman–Crippen LogP) is 3.55. The van der Waals surface area contributed by atoms with Gasteiger partial charge in [0.1, 0.15) is 23.6 Å². The highest BCUT2D eigenvalue weighted by Crippen LogP contribution is 2.27. The van der Waals surface area contributed by atoms with Gasteiger partial charge in [0.05, 0.1) is 18.8 Å². The third-order valence-corrected chi connectivity index (χ3v) is 5.86. The molecule has 34 heavy (non-hydrogen) atoms. The van der Waals surface area contributed by atoms with E-state index in [-0.39, 0.29) is 12.0 Å². The summed E-state index contributed by atoms with van der Waals surface area (Å²) < 4.78 is 11.5. The van der Waals surface area contributed by atoms with Crippen LogP contribution in [0.4, 0.5) is 16.4 Å². The largest absolute Gasteiger partial charge is 0.444 e. The fourth-order valence-corrected chi connectivity index (χ4v) is 4.28. The number of piperidine rings is 1. The first-order valence-corrected chi connectivity index (χ1v) is 11.9. The number of H-pyrrole nitrogens is 1. The van der Waals surface area contributed by atoms with Gasteiger partial charge in [-0.1, -0.05) is 6.07 Å². The number of carbonyl (C=O) groups excluding carboxylic acids is 2. The second-order valence-electron chi connectivity index (χ2n) is 9.84. The van der Waals surface area contributed by atoms with Crippen LogP contribution in [-0.4, -0.2) is 74.9 Å². The molecule has 10 heteroatoms. The second kappa shape index (κ2) is 10.0. The number of nitrogens with zero attached hydrogens (tertiary/aromatic N) is 4. The van der Waals surface area contributed by atoms with Gasteiger partial charge in [0, 0.05) is 24.8 Å². The lowest BCUT2D eigenvalue weighted by molar-refractivity contribution is -0.146. The third kappa shape index (κ3) is 5.85. The number of amides is 2. The molecule has 2 atom stereocenters. The molecule has 10 nitrogen and oxygen atoms in total. The molecule has 0 aliphatic carbocycles. The van der Waals surface area contributed by atoms with Crippen molar-refractivity contribution in [2.24, 2.45) is 0 Å². The Morgan fingerprint density at radius 2 is 2.03 bits per heavy atom. The highest BCUT2D eigenvalue weighted by molar-refractivity contribution is 5.86. The molecule has 2 amide bonds. The number of likely N-dealkylation sites (tertiary alicyclic amines) is 1. The van der Waals surface area contributed by atoms with E-state index in [1.54, 1.807) is 9.80 Å². The molecule has 4 rings (SSSR count). The molecule has 0 aromatic carbocycles. The van der Waals surface area contributed by atoms with Crippen LogP contribution in [0.3, 0.4) is 0 Å². The fraction of sp³-hybridized carbons (Fsp3) is 0.583. The number of rotatable bonds is 4. The Balaban J connectivity index is 1.44. The number of anilines is 2. The molecular formula is C24H34N6O4. The molecule has 0 radical (unpaired) electrons. The Labute approximate surface area is 200 Å². The van der Waals surface area contributed by atoms with E-state index in [9.17, 15) is 9.59 Å². The summed E-state index contributed by atoms with van der Waals surface area (Å²) in [6.07, 6.45) is 1.64. The van der Waals surface area contributed by atoms with Crippen molar-refractivity contribution >= 4 is 23.6 Å². The van der Waals surface area contributed by atoms with E-state index in [0.717, 1.165) is 24.2 Å². The Bertz CT molecular complexity index is 1020. The molecule has 2 aromatic heterocycles. The summed E-state index contributed by atoms with van der Waals surface area (Å²) in [5.74, 6) is 1.28. The van der Waals surface area contributed by atoms with Gasteiger partial charge in [-0.05, 0) is 59.1 Å². The molecule has 4 heterocycles. The number of aromatic nitrogens is 3. The van der Waals surface area contributed by atoms with Crippen LogP contribution in [0.5, 0.6) is 0 Å². The number of carbonyl (C=O) groups is 2. The zero-order valence-electron chi connectivity index (χ0n) is 20.3. The standard InChI is InChI=1S/C24H34N6O4/c1-16-14-21(28-27-16)26-20-10-7-8-17(25-20)19-15-29(12-13-33-19)22(31)18-9-5-6-11-30(18)23(32)34-24(2,3)4/h7-8,10,14,18-19H,5-6,9,11-13,15H2,1-4H3,(H2,25,26,27,28)/t18-,19-/m1/s1. The summed E-state index contributed by atoms with van der Waals surface area (Å²) >= 11 is 0. The van der Waals surface area contributed by atoms with Gasteiger partial charge in [0.2, 0.25) is 5.91 Å². The van der Waals surface area contributed by atoms with Crippen molar-refractivity contribution in [2.75, 3.05) is 31.6 Å². The maximum Gasteiger partial charge on any atom is 0.410 e. The van der Waals surface area contributed by atoms with Gasteiger partial charge in [-0.15, -0.1) is 0 Å². The smallest absolute Gasteiger partial charge is 0.410 e. The lowest BCUT2D eigenvalue weighted by Gasteiger charge is -2.40. The van der Waals surface area contributed by atoms with Crippen molar-refractivity contribution in [3.05, 3.63) is 35.7 Å². The van der Waals surface area contributed by atoms with Gasteiger partial charge in [-0.3, -0.25) is 14.8 Å². The van der Waals surface area contributed by atoms with Crippen LogP contribution in [0.15, 0.2) is 24.3 Å². The topological polar surface area (TPSA) is 113 Å². The average molecular weight is 471 g/mol. The van der Waals surface area contributed by atoms with Gasteiger partial charge in [-0.25, -0.2) is 9.78 Å². The number of aromatic amines is 1. The van der Waals surface area contributed by atoms with Crippen LogP contribution >= 0.6 is 0 Å². The molecule has 2 aliphatic heterocycles. The normalized spacial score (nSPS) is 21.3. The molecule has 2 N–H and O–H groups in total. The van der Waals surface area contributed by atoms with Crippen LogP contribution in [0.1, 0.15) is 57.5 Å². The summed E-state index contributed by atoms with van der Waals surface area (Å²) in [6, 6.07) is 7.05. The van der Waals surface area contributed by atoms with E-state index in [0.29, 0.717) is 44.3 Å². The number of pyridine rings is 1. The minimum Gasteiger partial charge on any atom is -0.444 e. The summed E-state index contributed by atoms with van der Waals surface area (Å²) in [5, 5.41) is 10.3. The summed E-state index contributed by atoms with van der Waals surface area (Å²) in [4.78, 5) is 34.3. The number of ether oxygens (including phenoxy) is 2. The van der Waals surface area contributed by atoms with Crippen molar-refractivity contribution in [1.29, 1.82) is 0 Å². The molecule has 184 valence electrons. The first-order chi connectivity index (χ1) is 16.2. The van der Waals surface area contributed by atoms with Gasteiger partial charge in [0.15, 0.2) is 5.82 Å². The number of nitrogens with one attached hydrogen (secondary N) is 2. The lowest BCUT2D eigenvalue weighted by atomic mass is 10.0. The molecule has 0 saturated carbocycles. The molecule has 2 aliphatic rings. The van der Waals surface area contributed by atoms with E-state index in [4.69, 9.17) is 9.47 Å². The van der Waals surface area contributed by atoms with E-state index < -0.39 is 17.7 Å². The van der Waals surface area contributed by atoms with Crippen LogP contribution < -0.4 is 5.32 Å². The Kier molecular flexibility index (Phi) is 7.06. The minimum absolute atomic E-state index is 0.0554. The average Bonchev–Trinajstić information content (AvgIpc) is 3.22. The van der Waals surface area contributed by atoms with Gasteiger partial charge in [0.25, 0.3) is 0 Å². The third-order valence-electron chi connectivity index (χ3n) is 5.86. The van der Waals surface area contributed by atoms with E-state index in [1.807, 2.05) is 52.0 Å². The van der Waals surface area contributed by atoms with E-state index >= 15 is 0 Å². The van der Waals surface area contributed by atoms with Gasteiger partial charge < -0.3 is 19.7 Å². The zero-order chi connectivity index (χ0) is 24.3. The number of aryl methyl sites for hydroxylation is 1. The molecule has 0 spiro atoms. The van der Waals surface area contributed by atoms with Crippen molar-refractivity contribution in [2.45, 2.75) is 64.7 Å². The first-order valence-electron chi connectivity index (χ1n) is 11.9. The summed E-state index contributed by atoms with van der Waals surface area (Å²) in [7, 11) is 0. The molecule has 2 fully saturated rings. The first kappa shape index (κ1) is 24.0. The van der Waals surface area contributed by atoms with Crippen molar-refractivity contribution in [3.63, 3.8) is 0 Å². The second-order valence-corrected chi connectivity index (χ2v) is 9.84. The molecule has 2 aromatic rings. The maximum atomic E-state index is 13.5. The van der Waals surface area contributed by atoms with Gasteiger partial charge >= 0.3 is 6.09 Å². The molecule has 2 saturated heterocycles. The minimum atomic E-state index is -0.606. The maximum absolute atomic E-state index is 13.5. The number of hydrogen-bond acceptors (Lipinski definition) is 7. The fourth-order valence-electron chi connectivity index (χ4n) is 4.28. The Morgan fingerprint density at radius 1 is 1.21 bits per heavy atom. The van der Waals surface area contributed by atoms with Crippen LogP contribution in [0.2, 0.25) is 0 Å². The SMILES string of the molecule is Cc1cc(Nc2cccc([C@H]3CN(C(=O)[C@H]4CCCCN4C(=O)OC(C)(C)C)CCO3)n2)n[nH]1. The van der Waals surface area contributed by atoms with E-state index in [1.165, 1.54) is 0 Å². The zero-order valence-corrected chi connectivity index (χ0v) is 20.3. The van der Waals surface area contributed by atoms with Crippen LogP contribution in [0, 0.1) is 6.92 Å². The van der Waals surface area contributed by atoms with Crippen LogP contribution in [0.25, 0.3) is 0 Å². The molecular weight excluding hydrogens is 436 g/mol. The molecule has 0 unspecified atom stereocenters. The Morgan fingerprint density at radius 3 is 2.76 bits per heavy atom. The highest BCUT2D eigenvalue weighted by atomic mass is 16.6. The van der Waals surface area contributed by atoms with Crippen LogP contribution in [-0.2, 0) is 14.3 Å². The predicted molar refractivity (Wildman–Crippen MR) is 127 cm³/mol. The van der Waals surface area contributed by atoms with Crippen molar-refractivity contribution in [1.82, 2.24) is 25.0 Å². The van der Waals surface area contributed by atoms with Gasteiger partial charge in [-0.2, -0.15) is 5.10 Å². The highest BCUT2D eigenvalue weighted by Gasteiger charge is 2.38. The van der Waals surface area contributed by atoms with Crippen molar-refractivity contribution in [3.8, 4) is 0 Å². The monoisotopic (exact) mass is 470 g/mol. The number of morpholine rings is 1. The lowest BCUT2D eigenvalue weighted by Crippen LogP contribution is -2.56. The summed E-state index contributed by atoms with van der Waals surface area (Å²) in [6.45, 7) is 9.24. The van der Waals surface area contributed by atoms with Crippen molar-refractivity contribution < 1.29 is 19.1 Å². The number of hydrogen-bond donors (Lipinski definition) is 2.